The van der Waals surface area contributed by atoms with E-state index in [0.717, 1.165) is 38.7 Å². The van der Waals surface area contributed by atoms with Crippen LogP contribution in [0.3, 0.4) is 0 Å². The zero-order valence-corrected chi connectivity index (χ0v) is 10.3. The standard InChI is InChI=1S/C13H24O2/c1-11(2)7-6-8-12(14)13(3)9-4-5-10-15-13/h11H,4-10H2,1-3H3. The summed E-state index contributed by atoms with van der Waals surface area (Å²) >= 11 is 0. The minimum absolute atomic E-state index is 0.308. The predicted molar refractivity (Wildman–Crippen MR) is 61.9 cm³/mol. The minimum Gasteiger partial charge on any atom is -0.368 e. The summed E-state index contributed by atoms with van der Waals surface area (Å²) in [4.78, 5) is 12.0. The molecule has 0 bridgehead atoms. The van der Waals surface area contributed by atoms with Gasteiger partial charge < -0.3 is 4.74 Å². The van der Waals surface area contributed by atoms with Gasteiger partial charge in [0.05, 0.1) is 0 Å². The number of ketones is 1. The molecule has 0 radical (unpaired) electrons. The van der Waals surface area contributed by atoms with E-state index in [1.807, 2.05) is 6.92 Å². The largest absolute Gasteiger partial charge is 0.368 e. The van der Waals surface area contributed by atoms with Gasteiger partial charge in [0.1, 0.15) is 5.60 Å². The number of carbonyl (C=O) groups is 1. The summed E-state index contributed by atoms with van der Waals surface area (Å²) in [6, 6.07) is 0. The van der Waals surface area contributed by atoms with E-state index < -0.39 is 5.60 Å². The molecule has 1 aliphatic rings. The van der Waals surface area contributed by atoms with Crippen molar-refractivity contribution in [3.8, 4) is 0 Å². The average Bonchev–Trinajstić information content (AvgIpc) is 2.18. The molecule has 1 atom stereocenters. The Morgan fingerprint density at radius 1 is 1.40 bits per heavy atom. The smallest absolute Gasteiger partial charge is 0.164 e. The van der Waals surface area contributed by atoms with Crippen molar-refractivity contribution in [1.29, 1.82) is 0 Å². The maximum Gasteiger partial charge on any atom is 0.164 e. The van der Waals surface area contributed by atoms with E-state index in [0.29, 0.717) is 18.1 Å². The normalized spacial score (nSPS) is 26.9. The summed E-state index contributed by atoms with van der Waals surface area (Å²) in [6.45, 7) is 7.11. The van der Waals surface area contributed by atoms with Gasteiger partial charge in [0.15, 0.2) is 5.78 Å². The van der Waals surface area contributed by atoms with Crippen LogP contribution in [0.4, 0.5) is 0 Å². The molecular weight excluding hydrogens is 188 g/mol. The molecule has 0 N–H and O–H groups in total. The molecule has 1 rings (SSSR count). The van der Waals surface area contributed by atoms with Crippen LogP contribution in [0.1, 0.15) is 59.3 Å². The number of ether oxygens (including phenoxy) is 1. The Morgan fingerprint density at radius 3 is 2.67 bits per heavy atom. The Labute approximate surface area is 93.4 Å². The van der Waals surface area contributed by atoms with Crippen LogP contribution in [0, 0.1) is 5.92 Å². The molecule has 0 spiro atoms. The minimum atomic E-state index is -0.463. The lowest BCUT2D eigenvalue weighted by Crippen LogP contribution is -2.41. The summed E-state index contributed by atoms with van der Waals surface area (Å²) in [6.07, 6.45) is 5.99. The lowest BCUT2D eigenvalue weighted by atomic mass is 9.88. The van der Waals surface area contributed by atoms with Gasteiger partial charge in [-0.2, -0.15) is 0 Å². The summed E-state index contributed by atoms with van der Waals surface area (Å²) in [5, 5.41) is 0. The topological polar surface area (TPSA) is 26.3 Å². The van der Waals surface area contributed by atoms with Crippen molar-refractivity contribution >= 4 is 5.78 Å². The molecular formula is C13H24O2. The first-order valence-corrected chi connectivity index (χ1v) is 6.22. The van der Waals surface area contributed by atoms with Crippen LogP contribution in [0.15, 0.2) is 0 Å². The molecule has 2 nitrogen and oxygen atoms in total. The zero-order valence-electron chi connectivity index (χ0n) is 10.3. The first-order chi connectivity index (χ1) is 7.04. The molecule has 1 aliphatic heterocycles. The zero-order chi connectivity index (χ0) is 11.3. The van der Waals surface area contributed by atoms with Crippen molar-refractivity contribution in [3.63, 3.8) is 0 Å². The van der Waals surface area contributed by atoms with Gasteiger partial charge in [0, 0.05) is 13.0 Å². The number of carbonyl (C=O) groups excluding carboxylic acids is 1. The predicted octanol–water partition coefficient (Wildman–Crippen LogP) is 3.34. The van der Waals surface area contributed by atoms with Gasteiger partial charge in [-0.25, -0.2) is 0 Å². The van der Waals surface area contributed by atoms with Gasteiger partial charge in [-0.15, -0.1) is 0 Å². The summed E-state index contributed by atoms with van der Waals surface area (Å²) in [5.41, 5.74) is -0.463. The van der Waals surface area contributed by atoms with E-state index in [1.54, 1.807) is 0 Å². The first-order valence-electron chi connectivity index (χ1n) is 6.22. The van der Waals surface area contributed by atoms with Gasteiger partial charge in [-0.05, 0) is 38.5 Å². The molecule has 15 heavy (non-hydrogen) atoms. The average molecular weight is 212 g/mol. The highest BCUT2D eigenvalue weighted by Crippen LogP contribution is 2.27. The summed E-state index contributed by atoms with van der Waals surface area (Å²) in [7, 11) is 0. The fourth-order valence-corrected chi connectivity index (χ4v) is 2.09. The molecule has 2 heteroatoms. The van der Waals surface area contributed by atoms with Gasteiger partial charge in [-0.3, -0.25) is 4.79 Å². The second-order valence-electron chi connectivity index (χ2n) is 5.25. The van der Waals surface area contributed by atoms with Crippen LogP contribution in [-0.4, -0.2) is 18.0 Å². The highest BCUT2D eigenvalue weighted by atomic mass is 16.5. The van der Waals surface area contributed by atoms with Crippen LogP contribution in [0.2, 0.25) is 0 Å². The van der Waals surface area contributed by atoms with E-state index in [2.05, 4.69) is 13.8 Å². The number of Topliss-reactive ketones (excluding diaryl/α,β-unsaturated/α-hetero) is 1. The van der Waals surface area contributed by atoms with Crippen molar-refractivity contribution in [2.45, 2.75) is 64.9 Å². The Kier molecular flexibility index (Phi) is 4.78. The van der Waals surface area contributed by atoms with E-state index in [9.17, 15) is 4.79 Å². The van der Waals surface area contributed by atoms with Crippen LogP contribution in [0.5, 0.6) is 0 Å². The highest BCUT2D eigenvalue weighted by Gasteiger charge is 2.34. The van der Waals surface area contributed by atoms with Gasteiger partial charge in [0.25, 0.3) is 0 Å². The van der Waals surface area contributed by atoms with Crippen molar-refractivity contribution in [2.75, 3.05) is 6.61 Å². The molecule has 1 fully saturated rings. The second kappa shape index (κ2) is 5.64. The molecule has 0 aromatic heterocycles. The fraction of sp³-hybridized carbons (Fsp3) is 0.923. The van der Waals surface area contributed by atoms with E-state index in [1.165, 1.54) is 0 Å². The second-order valence-corrected chi connectivity index (χ2v) is 5.25. The summed E-state index contributed by atoms with van der Waals surface area (Å²) < 4.78 is 5.64. The molecule has 0 amide bonds. The van der Waals surface area contributed by atoms with Crippen molar-refractivity contribution in [3.05, 3.63) is 0 Å². The third kappa shape index (κ3) is 3.94. The Bertz CT molecular complexity index is 203. The maximum atomic E-state index is 12.0. The van der Waals surface area contributed by atoms with Gasteiger partial charge >= 0.3 is 0 Å². The quantitative estimate of drug-likeness (QED) is 0.698. The lowest BCUT2D eigenvalue weighted by Gasteiger charge is -2.32. The molecule has 1 heterocycles. The third-order valence-corrected chi connectivity index (χ3v) is 3.24. The Morgan fingerprint density at radius 2 is 2.13 bits per heavy atom. The molecule has 0 aliphatic carbocycles. The monoisotopic (exact) mass is 212 g/mol. The lowest BCUT2D eigenvalue weighted by molar-refractivity contribution is -0.148. The number of rotatable bonds is 5. The molecule has 0 aromatic carbocycles. The summed E-state index contributed by atoms with van der Waals surface area (Å²) in [5.74, 6) is 1.00. The van der Waals surface area contributed by atoms with E-state index in [-0.39, 0.29) is 0 Å². The Balaban J connectivity index is 2.31. The van der Waals surface area contributed by atoms with Crippen LogP contribution >= 0.6 is 0 Å². The van der Waals surface area contributed by atoms with Gasteiger partial charge in [-0.1, -0.05) is 20.3 Å². The maximum absolute atomic E-state index is 12.0. The molecule has 1 saturated heterocycles. The van der Waals surface area contributed by atoms with E-state index >= 15 is 0 Å². The number of hydrogen-bond acceptors (Lipinski definition) is 2. The SMILES string of the molecule is CC(C)CCCC(=O)C1(C)CCCCO1. The fourth-order valence-electron chi connectivity index (χ4n) is 2.09. The molecule has 0 aromatic rings. The molecule has 88 valence electrons. The molecule has 1 unspecified atom stereocenters. The number of hydrogen-bond donors (Lipinski definition) is 0. The van der Waals surface area contributed by atoms with Crippen molar-refractivity contribution in [1.82, 2.24) is 0 Å². The van der Waals surface area contributed by atoms with Gasteiger partial charge in [0.2, 0.25) is 0 Å². The Hall–Kier alpha value is -0.370. The van der Waals surface area contributed by atoms with E-state index in [4.69, 9.17) is 4.74 Å². The third-order valence-electron chi connectivity index (χ3n) is 3.24. The van der Waals surface area contributed by atoms with Crippen LogP contribution < -0.4 is 0 Å². The van der Waals surface area contributed by atoms with Crippen LogP contribution in [0.25, 0.3) is 0 Å². The first kappa shape index (κ1) is 12.7. The van der Waals surface area contributed by atoms with Crippen molar-refractivity contribution in [2.24, 2.45) is 5.92 Å². The highest BCUT2D eigenvalue weighted by molar-refractivity contribution is 5.86. The van der Waals surface area contributed by atoms with Crippen molar-refractivity contribution < 1.29 is 9.53 Å². The van der Waals surface area contributed by atoms with Crippen LogP contribution in [-0.2, 0) is 9.53 Å². The molecule has 0 saturated carbocycles.